The number of benzene rings is 1. The van der Waals surface area contributed by atoms with Gasteiger partial charge in [-0.05, 0) is 19.9 Å². The van der Waals surface area contributed by atoms with Crippen molar-refractivity contribution in [3.63, 3.8) is 0 Å². The molecule has 0 bridgehead atoms. The molecule has 0 saturated carbocycles. The lowest BCUT2D eigenvalue weighted by Gasteiger charge is -2.11. The summed E-state index contributed by atoms with van der Waals surface area (Å²) in [5.74, 6) is 1.15. The summed E-state index contributed by atoms with van der Waals surface area (Å²) < 4.78 is 12.0. The second kappa shape index (κ2) is 6.18. The van der Waals surface area contributed by atoms with E-state index in [1.165, 1.54) is 0 Å². The number of aromatic nitrogens is 3. The highest BCUT2D eigenvalue weighted by molar-refractivity contribution is 5.85. The summed E-state index contributed by atoms with van der Waals surface area (Å²) in [5.41, 5.74) is 0.948. The van der Waals surface area contributed by atoms with Gasteiger partial charge in [-0.25, -0.2) is 4.79 Å². The Balaban J connectivity index is 2.33. The van der Waals surface area contributed by atoms with Gasteiger partial charge in [-0.3, -0.25) is 0 Å². The third-order valence-electron chi connectivity index (χ3n) is 2.91. The zero-order chi connectivity index (χ0) is 14.5. The number of hydrogen-bond donors (Lipinski definition) is 0. The SMILES string of the molecule is CCOC(=O)c1nnc(C)n1Cc1ccccc1OC. The van der Waals surface area contributed by atoms with Crippen LogP contribution in [0.3, 0.4) is 0 Å². The van der Waals surface area contributed by atoms with Crippen molar-refractivity contribution in [1.82, 2.24) is 14.8 Å². The van der Waals surface area contributed by atoms with Gasteiger partial charge in [-0.15, -0.1) is 10.2 Å². The Kier molecular flexibility index (Phi) is 4.34. The number of para-hydroxylation sites is 1. The normalized spacial score (nSPS) is 10.3. The smallest absolute Gasteiger partial charge is 0.376 e. The molecule has 0 amide bonds. The number of ether oxygens (including phenoxy) is 2. The molecule has 1 heterocycles. The first-order valence-corrected chi connectivity index (χ1v) is 6.36. The Morgan fingerprint density at radius 2 is 2.05 bits per heavy atom. The third-order valence-corrected chi connectivity index (χ3v) is 2.91. The van der Waals surface area contributed by atoms with Crippen LogP contribution in [0.4, 0.5) is 0 Å². The van der Waals surface area contributed by atoms with Crippen molar-refractivity contribution in [2.75, 3.05) is 13.7 Å². The number of carbonyl (C=O) groups excluding carboxylic acids is 1. The lowest BCUT2D eigenvalue weighted by Crippen LogP contribution is -2.15. The maximum atomic E-state index is 11.8. The average molecular weight is 275 g/mol. The Bertz CT molecular complexity index is 607. The highest BCUT2D eigenvalue weighted by Gasteiger charge is 2.18. The molecule has 0 aliphatic heterocycles. The molecule has 2 rings (SSSR count). The van der Waals surface area contributed by atoms with E-state index in [1.54, 1.807) is 25.5 Å². The molecular formula is C14H17N3O3. The van der Waals surface area contributed by atoms with E-state index in [0.29, 0.717) is 19.0 Å². The fraction of sp³-hybridized carbons (Fsp3) is 0.357. The van der Waals surface area contributed by atoms with Gasteiger partial charge in [0, 0.05) is 5.56 Å². The average Bonchev–Trinajstić information content (AvgIpc) is 2.81. The van der Waals surface area contributed by atoms with E-state index in [2.05, 4.69) is 10.2 Å². The molecule has 0 unspecified atom stereocenters. The Labute approximate surface area is 117 Å². The van der Waals surface area contributed by atoms with Gasteiger partial charge in [-0.2, -0.15) is 0 Å². The van der Waals surface area contributed by atoms with Crippen LogP contribution in [0, 0.1) is 6.92 Å². The fourth-order valence-corrected chi connectivity index (χ4v) is 1.92. The van der Waals surface area contributed by atoms with Crippen molar-refractivity contribution in [2.24, 2.45) is 0 Å². The number of rotatable bonds is 5. The lowest BCUT2D eigenvalue weighted by molar-refractivity contribution is 0.0506. The molecule has 2 aromatic rings. The molecule has 1 aromatic carbocycles. The van der Waals surface area contributed by atoms with Gasteiger partial charge in [0.1, 0.15) is 11.6 Å². The largest absolute Gasteiger partial charge is 0.496 e. The van der Waals surface area contributed by atoms with Crippen LogP contribution in [0.2, 0.25) is 0 Å². The van der Waals surface area contributed by atoms with Crippen LogP contribution < -0.4 is 4.74 Å². The lowest BCUT2D eigenvalue weighted by atomic mass is 10.2. The van der Waals surface area contributed by atoms with Crippen molar-refractivity contribution in [1.29, 1.82) is 0 Å². The molecule has 0 spiro atoms. The summed E-state index contributed by atoms with van der Waals surface area (Å²) in [7, 11) is 1.62. The number of methoxy groups -OCH3 is 1. The van der Waals surface area contributed by atoms with E-state index in [4.69, 9.17) is 9.47 Å². The zero-order valence-electron chi connectivity index (χ0n) is 11.8. The summed E-state index contributed by atoms with van der Waals surface area (Å²) in [5, 5.41) is 7.83. The number of hydrogen-bond acceptors (Lipinski definition) is 5. The Hall–Kier alpha value is -2.37. The predicted molar refractivity (Wildman–Crippen MR) is 72.8 cm³/mol. The minimum Gasteiger partial charge on any atom is -0.496 e. The van der Waals surface area contributed by atoms with Crippen molar-refractivity contribution in [3.05, 3.63) is 41.5 Å². The molecule has 0 N–H and O–H groups in total. The van der Waals surface area contributed by atoms with Gasteiger partial charge in [0.15, 0.2) is 0 Å². The maximum Gasteiger partial charge on any atom is 0.376 e. The first kappa shape index (κ1) is 14.0. The Morgan fingerprint density at radius 1 is 1.30 bits per heavy atom. The molecule has 0 fully saturated rings. The van der Waals surface area contributed by atoms with Gasteiger partial charge >= 0.3 is 5.97 Å². The van der Waals surface area contributed by atoms with Crippen LogP contribution in [0.5, 0.6) is 5.75 Å². The summed E-state index contributed by atoms with van der Waals surface area (Å²) in [6.07, 6.45) is 0. The number of aryl methyl sites for hydroxylation is 1. The monoisotopic (exact) mass is 275 g/mol. The minimum atomic E-state index is -0.469. The molecule has 0 saturated heterocycles. The second-order valence-electron chi connectivity index (χ2n) is 4.19. The summed E-state index contributed by atoms with van der Waals surface area (Å²) in [4.78, 5) is 11.8. The molecule has 106 valence electrons. The Morgan fingerprint density at radius 3 is 2.75 bits per heavy atom. The molecule has 6 heteroatoms. The van der Waals surface area contributed by atoms with Gasteiger partial charge in [0.25, 0.3) is 0 Å². The molecule has 0 radical (unpaired) electrons. The van der Waals surface area contributed by atoms with E-state index >= 15 is 0 Å². The molecule has 6 nitrogen and oxygen atoms in total. The first-order valence-electron chi connectivity index (χ1n) is 6.36. The summed E-state index contributed by atoms with van der Waals surface area (Å²) in [6.45, 7) is 4.31. The maximum absolute atomic E-state index is 11.8. The minimum absolute atomic E-state index is 0.204. The van der Waals surface area contributed by atoms with E-state index in [-0.39, 0.29) is 5.82 Å². The standard InChI is InChI=1S/C14H17N3O3/c1-4-20-14(18)13-16-15-10(2)17(13)9-11-7-5-6-8-12(11)19-3/h5-8H,4,9H2,1-3H3. The fourth-order valence-electron chi connectivity index (χ4n) is 1.92. The second-order valence-corrected chi connectivity index (χ2v) is 4.19. The van der Waals surface area contributed by atoms with Crippen LogP contribution in [-0.2, 0) is 11.3 Å². The van der Waals surface area contributed by atoms with Gasteiger partial charge < -0.3 is 14.0 Å². The first-order chi connectivity index (χ1) is 9.67. The molecule has 0 aliphatic carbocycles. The van der Waals surface area contributed by atoms with Crippen molar-refractivity contribution >= 4 is 5.97 Å². The predicted octanol–water partition coefficient (Wildman–Crippen LogP) is 1.82. The summed E-state index contributed by atoms with van der Waals surface area (Å²) >= 11 is 0. The molecule has 1 aromatic heterocycles. The quantitative estimate of drug-likeness (QED) is 0.779. The summed E-state index contributed by atoms with van der Waals surface area (Å²) in [6, 6.07) is 7.63. The number of carbonyl (C=O) groups is 1. The third kappa shape index (κ3) is 2.79. The molecule has 20 heavy (non-hydrogen) atoms. The van der Waals surface area contributed by atoms with E-state index in [9.17, 15) is 4.79 Å². The molecule has 0 atom stereocenters. The number of esters is 1. The van der Waals surface area contributed by atoms with E-state index in [0.717, 1.165) is 11.3 Å². The van der Waals surface area contributed by atoms with Crippen molar-refractivity contribution < 1.29 is 14.3 Å². The topological polar surface area (TPSA) is 66.2 Å². The van der Waals surface area contributed by atoms with Gasteiger partial charge in [-0.1, -0.05) is 18.2 Å². The van der Waals surface area contributed by atoms with Crippen LogP contribution in [0.1, 0.15) is 28.9 Å². The van der Waals surface area contributed by atoms with E-state index < -0.39 is 5.97 Å². The molecular weight excluding hydrogens is 258 g/mol. The van der Waals surface area contributed by atoms with Crippen molar-refractivity contribution in [2.45, 2.75) is 20.4 Å². The highest BCUT2D eigenvalue weighted by atomic mass is 16.5. The molecule has 0 aliphatic rings. The van der Waals surface area contributed by atoms with Crippen LogP contribution in [-0.4, -0.2) is 34.5 Å². The van der Waals surface area contributed by atoms with E-state index in [1.807, 2.05) is 24.3 Å². The highest BCUT2D eigenvalue weighted by Crippen LogP contribution is 2.19. The van der Waals surface area contributed by atoms with Crippen LogP contribution >= 0.6 is 0 Å². The zero-order valence-corrected chi connectivity index (χ0v) is 11.8. The van der Waals surface area contributed by atoms with Crippen LogP contribution in [0.15, 0.2) is 24.3 Å². The van der Waals surface area contributed by atoms with Gasteiger partial charge in [0.2, 0.25) is 5.82 Å². The number of nitrogens with zero attached hydrogens (tertiary/aromatic N) is 3. The van der Waals surface area contributed by atoms with Crippen LogP contribution in [0.25, 0.3) is 0 Å². The van der Waals surface area contributed by atoms with Gasteiger partial charge in [0.05, 0.1) is 20.3 Å². The van der Waals surface area contributed by atoms with Crippen molar-refractivity contribution in [3.8, 4) is 5.75 Å².